The van der Waals surface area contributed by atoms with Crippen molar-refractivity contribution in [1.82, 2.24) is 4.98 Å². The van der Waals surface area contributed by atoms with Gasteiger partial charge < -0.3 is 5.11 Å². The molecule has 0 unspecified atom stereocenters. The Hall–Kier alpha value is -3.30. The van der Waals surface area contributed by atoms with Crippen LogP contribution in [0, 0.1) is 10.1 Å². The molecule has 2 aromatic rings. The number of hydrogen-bond acceptors (Lipinski definition) is 5. The highest BCUT2D eigenvalue weighted by Gasteiger charge is 2.38. The standard InChI is InChI=1S/C14H12N2O3.C2HF3O2/c17-14(9-6-12-3-1-2-10-15-12)11-4-7-13(8-5-11)16(18)19;3-2(4,5)1(6)7/h1-5,7-8,10H,6,9H2;(H,6,7). The van der Waals surface area contributed by atoms with E-state index in [0.717, 1.165) is 5.69 Å². The maximum atomic E-state index is 11.9. The number of carboxylic acid groups (broad SMARTS) is 1. The van der Waals surface area contributed by atoms with E-state index in [0.29, 0.717) is 18.4 Å². The zero-order valence-electron chi connectivity index (χ0n) is 13.1. The number of nitro groups is 1. The smallest absolute Gasteiger partial charge is 0.475 e. The Labute approximate surface area is 145 Å². The molecule has 0 aliphatic rings. The number of aryl methyl sites for hydroxylation is 1. The first-order valence-corrected chi connectivity index (χ1v) is 7.09. The van der Waals surface area contributed by atoms with Gasteiger partial charge in [-0.2, -0.15) is 13.2 Å². The van der Waals surface area contributed by atoms with Crippen molar-refractivity contribution in [2.45, 2.75) is 19.0 Å². The van der Waals surface area contributed by atoms with Crippen LogP contribution in [0.2, 0.25) is 0 Å². The summed E-state index contributed by atoms with van der Waals surface area (Å²) in [6.07, 6.45) is -2.49. The first-order valence-electron chi connectivity index (χ1n) is 7.09. The molecule has 26 heavy (non-hydrogen) atoms. The highest BCUT2D eigenvalue weighted by molar-refractivity contribution is 5.96. The second-order valence-corrected chi connectivity index (χ2v) is 4.85. The van der Waals surface area contributed by atoms with E-state index in [1.165, 1.54) is 24.3 Å². The van der Waals surface area contributed by atoms with Crippen molar-refractivity contribution in [1.29, 1.82) is 0 Å². The zero-order chi connectivity index (χ0) is 19.7. The summed E-state index contributed by atoms with van der Waals surface area (Å²) in [6.45, 7) is 0. The molecular formula is C16H13F3N2O5. The average molecular weight is 370 g/mol. The Morgan fingerprint density at radius 3 is 2.12 bits per heavy atom. The normalized spacial score (nSPS) is 10.4. The van der Waals surface area contributed by atoms with Crippen molar-refractivity contribution in [3.8, 4) is 0 Å². The molecule has 0 radical (unpaired) electrons. The van der Waals surface area contributed by atoms with Crippen LogP contribution in [0.5, 0.6) is 0 Å². The molecule has 0 aliphatic carbocycles. The van der Waals surface area contributed by atoms with Crippen LogP contribution in [-0.2, 0) is 11.2 Å². The van der Waals surface area contributed by atoms with Gasteiger partial charge in [0.05, 0.1) is 4.92 Å². The number of nitrogens with zero attached hydrogens (tertiary/aromatic N) is 2. The van der Waals surface area contributed by atoms with E-state index >= 15 is 0 Å². The van der Waals surface area contributed by atoms with Crippen LogP contribution >= 0.6 is 0 Å². The SMILES string of the molecule is O=C(CCc1ccccn1)c1ccc([N+](=O)[O-])cc1.O=C(O)C(F)(F)F. The van der Waals surface area contributed by atoms with E-state index in [1.807, 2.05) is 18.2 Å². The van der Waals surface area contributed by atoms with Gasteiger partial charge in [0.15, 0.2) is 5.78 Å². The van der Waals surface area contributed by atoms with Crippen molar-refractivity contribution in [2.75, 3.05) is 0 Å². The Balaban J connectivity index is 0.000000412. The van der Waals surface area contributed by atoms with Gasteiger partial charge >= 0.3 is 12.1 Å². The summed E-state index contributed by atoms with van der Waals surface area (Å²) in [5.41, 5.74) is 1.33. The summed E-state index contributed by atoms with van der Waals surface area (Å²) in [5, 5.41) is 17.6. The first-order chi connectivity index (χ1) is 12.1. The molecule has 0 atom stereocenters. The summed E-state index contributed by atoms with van der Waals surface area (Å²) >= 11 is 0. The predicted octanol–water partition coefficient (Wildman–Crippen LogP) is 3.44. The van der Waals surface area contributed by atoms with E-state index in [2.05, 4.69) is 4.98 Å². The van der Waals surface area contributed by atoms with Crippen molar-refractivity contribution in [3.05, 3.63) is 70.0 Å². The number of alkyl halides is 3. The number of rotatable bonds is 5. The third-order valence-electron chi connectivity index (χ3n) is 2.98. The van der Waals surface area contributed by atoms with Gasteiger partial charge in [0.1, 0.15) is 0 Å². The second-order valence-electron chi connectivity index (χ2n) is 4.85. The Morgan fingerprint density at radius 1 is 1.12 bits per heavy atom. The number of benzene rings is 1. The van der Waals surface area contributed by atoms with Crippen molar-refractivity contribution in [2.24, 2.45) is 0 Å². The van der Waals surface area contributed by atoms with Gasteiger partial charge in [-0.05, 0) is 30.7 Å². The molecule has 138 valence electrons. The van der Waals surface area contributed by atoms with Gasteiger partial charge in [0, 0.05) is 36.0 Å². The van der Waals surface area contributed by atoms with Crippen LogP contribution in [0.3, 0.4) is 0 Å². The van der Waals surface area contributed by atoms with Crippen LogP contribution in [0.15, 0.2) is 48.7 Å². The number of halogens is 3. The Morgan fingerprint density at radius 2 is 1.69 bits per heavy atom. The van der Waals surface area contributed by atoms with Gasteiger partial charge in [-0.15, -0.1) is 0 Å². The van der Waals surface area contributed by atoms with Gasteiger partial charge in [-0.1, -0.05) is 6.07 Å². The second kappa shape index (κ2) is 9.25. The monoisotopic (exact) mass is 370 g/mol. The number of aromatic nitrogens is 1. The molecule has 0 spiro atoms. The van der Waals surface area contributed by atoms with Gasteiger partial charge in [0.2, 0.25) is 0 Å². The van der Waals surface area contributed by atoms with E-state index in [1.54, 1.807) is 6.20 Å². The number of pyridine rings is 1. The number of Topliss-reactive ketones (excluding diaryl/α,β-unsaturated/α-hetero) is 1. The number of carbonyl (C=O) groups excluding carboxylic acids is 1. The Bertz CT molecular complexity index is 762. The van der Waals surface area contributed by atoms with Gasteiger partial charge in [0.25, 0.3) is 5.69 Å². The maximum absolute atomic E-state index is 11.9. The lowest BCUT2D eigenvalue weighted by molar-refractivity contribution is -0.384. The molecule has 1 heterocycles. The van der Waals surface area contributed by atoms with E-state index in [9.17, 15) is 28.1 Å². The van der Waals surface area contributed by atoms with Crippen LogP contribution in [0.1, 0.15) is 22.5 Å². The van der Waals surface area contributed by atoms with Crippen LogP contribution in [0.4, 0.5) is 18.9 Å². The third-order valence-corrected chi connectivity index (χ3v) is 2.98. The van der Waals surface area contributed by atoms with Crippen LogP contribution < -0.4 is 0 Å². The van der Waals surface area contributed by atoms with E-state index < -0.39 is 17.1 Å². The topological polar surface area (TPSA) is 110 Å². The summed E-state index contributed by atoms with van der Waals surface area (Å²) in [5.74, 6) is -2.80. The summed E-state index contributed by atoms with van der Waals surface area (Å²) < 4.78 is 31.7. The number of aliphatic carboxylic acids is 1. The molecule has 7 nitrogen and oxygen atoms in total. The molecule has 1 aromatic carbocycles. The number of carbonyl (C=O) groups is 2. The summed E-state index contributed by atoms with van der Waals surface area (Å²) in [7, 11) is 0. The van der Waals surface area contributed by atoms with Crippen molar-refractivity contribution in [3.63, 3.8) is 0 Å². The molecule has 0 aliphatic heterocycles. The molecule has 0 saturated carbocycles. The fourth-order valence-electron chi connectivity index (χ4n) is 1.70. The molecule has 0 saturated heterocycles. The third kappa shape index (κ3) is 7.07. The summed E-state index contributed by atoms with van der Waals surface area (Å²) in [6, 6.07) is 11.2. The minimum Gasteiger partial charge on any atom is -0.475 e. The van der Waals surface area contributed by atoms with Crippen LogP contribution in [0.25, 0.3) is 0 Å². The van der Waals surface area contributed by atoms with Crippen LogP contribution in [-0.4, -0.2) is 32.9 Å². The average Bonchev–Trinajstić information content (AvgIpc) is 2.60. The van der Waals surface area contributed by atoms with Gasteiger partial charge in [-0.25, -0.2) is 4.79 Å². The molecule has 10 heteroatoms. The molecule has 1 N–H and O–H groups in total. The first kappa shape index (κ1) is 20.7. The number of non-ortho nitro benzene ring substituents is 1. The molecule has 0 fully saturated rings. The summed E-state index contributed by atoms with van der Waals surface area (Å²) in [4.78, 5) is 35.0. The zero-order valence-corrected chi connectivity index (χ0v) is 13.1. The fourth-order valence-corrected chi connectivity index (χ4v) is 1.70. The number of carboxylic acids is 1. The van der Waals surface area contributed by atoms with Crippen molar-refractivity contribution < 1.29 is 32.8 Å². The minimum absolute atomic E-state index is 0.0127. The lowest BCUT2D eigenvalue weighted by Gasteiger charge is -2.01. The number of ketones is 1. The van der Waals surface area contributed by atoms with Crippen molar-refractivity contribution >= 4 is 17.4 Å². The highest BCUT2D eigenvalue weighted by atomic mass is 19.4. The Kier molecular flexibility index (Phi) is 7.38. The lowest BCUT2D eigenvalue weighted by atomic mass is 10.0. The molecule has 1 aromatic heterocycles. The molecular weight excluding hydrogens is 357 g/mol. The minimum atomic E-state index is -5.08. The largest absolute Gasteiger partial charge is 0.490 e. The maximum Gasteiger partial charge on any atom is 0.490 e. The molecule has 2 rings (SSSR count). The quantitative estimate of drug-likeness (QED) is 0.490. The highest BCUT2D eigenvalue weighted by Crippen LogP contribution is 2.14. The lowest BCUT2D eigenvalue weighted by Crippen LogP contribution is -2.21. The van der Waals surface area contributed by atoms with E-state index in [-0.39, 0.29) is 11.5 Å². The fraction of sp³-hybridized carbons (Fsp3) is 0.188. The number of hydrogen-bond donors (Lipinski definition) is 1. The predicted molar refractivity (Wildman–Crippen MR) is 83.7 cm³/mol. The molecule has 0 amide bonds. The number of nitro benzene ring substituents is 1. The van der Waals surface area contributed by atoms with E-state index in [4.69, 9.17) is 9.90 Å². The van der Waals surface area contributed by atoms with Gasteiger partial charge in [-0.3, -0.25) is 19.9 Å². The molecule has 0 bridgehead atoms.